The van der Waals surface area contributed by atoms with Gasteiger partial charge in [-0.1, -0.05) is 86.3 Å². The summed E-state index contributed by atoms with van der Waals surface area (Å²) in [5, 5.41) is 16.5. The Morgan fingerprint density at radius 1 is 0.655 bits per heavy atom. The third-order valence-corrected chi connectivity index (χ3v) is 5.36. The zero-order valence-electron chi connectivity index (χ0n) is 16.8. The minimum absolute atomic E-state index is 0.286. The summed E-state index contributed by atoms with van der Waals surface area (Å²) in [7, 11) is 0. The molecule has 29 heavy (non-hydrogen) atoms. The maximum Gasteiger partial charge on any atom is 0.303 e. The van der Waals surface area contributed by atoms with Crippen LogP contribution in [0.15, 0.2) is 60.7 Å². The molecule has 0 saturated carbocycles. The second-order valence-corrected chi connectivity index (χ2v) is 7.51. The van der Waals surface area contributed by atoms with Gasteiger partial charge in [0.2, 0.25) is 0 Å². The van der Waals surface area contributed by atoms with Crippen LogP contribution in [-0.4, -0.2) is 17.4 Å². The van der Waals surface area contributed by atoms with E-state index >= 15 is 0 Å². The van der Waals surface area contributed by atoms with E-state index in [2.05, 4.69) is 60.7 Å². The Morgan fingerprint density at radius 2 is 1.07 bits per heavy atom. The average molecular weight is 389 g/mol. The summed E-state index contributed by atoms with van der Waals surface area (Å²) in [5.74, 6) is -0.707. The van der Waals surface area contributed by atoms with Crippen LogP contribution in [0.3, 0.4) is 0 Å². The van der Waals surface area contributed by atoms with Crippen molar-refractivity contribution in [2.75, 3.05) is 0 Å². The summed E-state index contributed by atoms with van der Waals surface area (Å²) in [4.78, 5) is 20.1. The summed E-state index contributed by atoms with van der Waals surface area (Å²) in [6, 6.07) is 21.9. The van der Waals surface area contributed by atoms with Gasteiger partial charge in [0.25, 0.3) is 0 Å². The predicted octanol–water partition coefficient (Wildman–Crippen LogP) is 6.97. The van der Waals surface area contributed by atoms with Crippen LogP contribution >= 0.6 is 0 Å². The van der Waals surface area contributed by atoms with E-state index in [-0.39, 0.29) is 6.42 Å². The lowest BCUT2D eigenvalue weighted by molar-refractivity contribution is -0.137. The third kappa shape index (κ3) is 5.54. The number of hydrogen-bond acceptors (Lipinski definition) is 2. The Labute approximate surface area is 171 Å². The molecule has 0 aromatic heterocycles. The quantitative estimate of drug-likeness (QED) is 0.191. The Balaban J connectivity index is 0.000000171. The molecule has 0 fully saturated rings. The van der Waals surface area contributed by atoms with Crippen LogP contribution in [0.1, 0.15) is 51.4 Å². The molecule has 4 aromatic rings. The molecule has 0 unspecified atom stereocenters. The summed E-state index contributed by atoms with van der Waals surface area (Å²) in [6.07, 6.45) is 7.94. The molecule has 150 valence electrons. The zero-order chi connectivity index (χ0) is 20.5. The number of aliphatic carboxylic acids is 1. The van der Waals surface area contributed by atoms with Gasteiger partial charge in [-0.3, -0.25) is 4.79 Å². The highest BCUT2D eigenvalue weighted by atomic mass is 16.4. The summed E-state index contributed by atoms with van der Waals surface area (Å²) in [6.45, 7) is 0. The molecule has 3 nitrogen and oxygen atoms in total. The van der Waals surface area contributed by atoms with Crippen LogP contribution < -0.4 is 0 Å². The van der Waals surface area contributed by atoms with E-state index in [1.807, 2.05) is 0 Å². The van der Waals surface area contributed by atoms with E-state index in [4.69, 9.17) is 5.11 Å². The highest BCUT2D eigenvalue weighted by molar-refractivity contribution is 6.22. The first-order valence-electron chi connectivity index (χ1n) is 10.5. The number of unbranched alkanes of at least 4 members (excludes halogenated alkanes) is 6. The van der Waals surface area contributed by atoms with Crippen molar-refractivity contribution in [3.8, 4) is 0 Å². The van der Waals surface area contributed by atoms with Crippen molar-refractivity contribution in [3.05, 3.63) is 60.7 Å². The number of aldehydes is 1. The fourth-order valence-corrected chi connectivity index (χ4v) is 3.88. The average Bonchev–Trinajstić information content (AvgIpc) is 2.74. The van der Waals surface area contributed by atoms with Crippen molar-refractivity contribution in [3.63, 3.8) is 0 Å². The fraction of sp³-hybridized carbons (Fsp3) is 0.308. The second-order valence-electron chi connectivity index (χ2n) is 7.51. The number of rotatable bonds is 9. The number of carboxylic acid groups (broad SMARTS) is 1. The van der Waals surface area contributed by atoms with Crippen LogP contribution in [0.2, 0.25) is 0 Å². The van der Waals surface area contributed by atoms with Gasteiger partial charge in [0.15, 0.2) is 0 Å². The molecule has 0 aliphatic heterocycles. The zero-order valence-corrected chi connectivity index (χ0v) is 16.8. The predicted molar refractivity (Wildman–Crippen MR) is 121 cm³/mol. The lowest BCUT2D eigenvalue weighted by atomic mass is 9.95. The van der Waals surface area contributed by atoms with Crippen LogP contribution in [-0.2, 0) is 9.59 Å². The van der Waals surface area contributed by atoms with Gasteiger partial charge in [0, 0.05) is 12.8 Å². The third-order valence-electron chi connectivity index (χ3n) is 5.36. The maximum atomic E-state index is 10.1. The first kappa shape index (κ1) is 20.8. The van der Waals surface area contributed by atoms with Crippen molar-refractivity contribution in [1.82, 2.24) is 0 Å². The molecular weight excluding hydrogens is 360 g/mol. The van der Waals surface area contributed by atoms with Gasteiger partial charge in [0.1, 0.15) is 6.29 Å². The molecule has 0 atom stereocenters. The SMILES string of the molecule is O=CCCCCCCCCC(=O)O.c1cc2ccc3cccc4ccc(c1)c2c34. The van der Waals surface area contributed by atoms with Gasteiger partial charge in [-0.25, -0.2) is 0 Å². The highest BCUT2D eigenvalue weighted by Gasteiger charge is 2.06. The first-order chi connectivity index (χ1) is 14.2. The van der Waals surface area contributed by atoms with Gasteiger partial charge < -0.3 is 9.90 Å². The van der Waals surface area contributed by atoms with Crippen LogP contribution in [0.25, 0.3) is 32.3 Å². The Kier molecular flexibility index (Phi) is 7.57. The van der Waals surface area contributed by atoms with Gasteiger partial charge in [0.05, 0.1) is 0 Å². The highest BCUT2D eigenvalue weighted by Crippen LogP contribution is 2.33. The number of benzene rings is 4. The van der Waals surface area contributed by atoms with E-state index in [0.717, 1.165) is 44.8 Å². The number of carboxylic acids is 1. The molecule has 0 radical (unpaired) electrons. The van der Waals surface area contributed by atoms with Crippen molar-refractivity contribution < 1.29 is 14.7 Å². The maximum absolute atomic E-state index is 10.1. The molecule has 4 aromatic carbocycles. The molecule has 0 spiro atoms. The Hall–Kier alpha value is -2.94. The monoisotopic (exact) mass is 388 g/mol. The van der Waals surface area contributed by atoms with Crippen LogP contribution in [0.4, 0.5) is 0 Å². The Morgan fingerprint density at radius 3 is 1.48 bits per heavy atom. The number of carbonyl (C=O) groups excluding carboxylic acids is 1. The van der Waals surface area contributed by atoms with Crippen LogP contribution in [0, 0.1) is 0 Å². The number of hydrogen-bond donors (Lipinski definition) is 1. The molecule has 4 rings (SSSR count). The lowest BCUT2D eigenvalue weighted by Gasteiger charge is -2.09. The molecular formula is C26H28O3. The summed E-state index contributed by atoms with van der Waals surface area (Å²) < 4.78 is 0. The smallest absolute Gasteiger partial charge is 0.303 e. The molecule has 0 bridgehead atoms. The standard InChI is InChI=1S/C16H10.C10H18O3/c1-3-11-7-9-13-5-2-6-14-10-8-12(4-1)15(11)16(13)14;11-9-7-5-3-1-2-4-6-8-10(12)13/h1-10H;9H,1-8H2,(H,12,13). The molecule has 0 saturated heterocycles. The molecule has 0 amide bonds. The molecule has 0 aliphatic carbocycles. The van der Waals surface area contributed by atoms with Crippen molar-refractivity contribution in [2.24, 2.45) is 0 Å². The molecule has 0 aliphatic rings. The normalized spacial score (nSPS) is 10.9. The fourth-order valence-electron chi connectivity index (χ4n) is 3.88. The summed E-state index contributed by atoms with van der Waals surface area (Å²) >= 11 is 0. The van der Waals surface area contributed by atoms with Gasteiger partial charge in [-0.15, -0.1) is 0 Å². The van der Waals surface area contributed by atoms with E-state index in [0.29, 0.717) is 6.42 Å². The van der Waals surface area contributed by atoms with Crippen LogP contribution in [0.5, 0.6) is 0 Å². The molecule has 1 N–H and O–H groups in total. The largest absolute Gasteiger partial charge is 0.481 e. The number of carbonyl (C=O) groups is 2. The molecule has 0 heterocycles. The van der Waals surface area contributed by atoms with Crippen molar-refractivity contribution >= 4 is 44.6 Å². The van der Waals surface area contributed by atoms with Gasteiger partial charge in [-0.2, -0.15) is 0 Å². The topological polar surface area (TPSA) is 54.4 Å². The van der Waals surface area contributed by atoms with Gasteiger partial charge >= 0.3 is 5.97 Å². The lowest BCUT2D eigenvalue weighted by Crippen LogP contribution is -1.93. The van der Waals surface area contributed by atoms with Crippen molar-refractivity contribution in [2.45, 2.75) is 51.4 Å². The van der Waals surface area contributed by atoms with E-state index in [1.165, 1.54) is 32.3 Å². The minimum Gasteiger partial charge on any atom is -0.481 e. The van der Waals surface area contributed by atoms with Gasteiger partial charge in [-0.05, 0) is 45.2 Å². The van der Waals surface area contributed by atoms with E-state index in [9.17, 15) is 9.59 Å². The summed E-state index contributed by atoms with van der Waals surface area (Å²) in [5.41, 5.74) is 0. The van der Waals surface area contributed by atoms with E-state index in [1.54, 1.807) is 0 Å². The second kappa shape index (κ2) is 10.6. The van der Waals surface area contributed by atoms with E-state index < -0.39 is 5.97 Å². The minimum atomic E-state index is -0.707. The Bertz CT molecular complexity index is 938. The molecule has 3 heteroatoms. The first-order valence-corrected chi connectivity index (χ1v) is 10.5. The van der Waals surface area contributed by atoms with Crippen molar-refractivity contribution in [1.29, 1.82) is 0 Å².